The molecule has 8 heteroatoms. The molecule has 1 saturated heterocycles. The van der Waals surface area contributed by atoms with Crippen molar-refractivity contribution in [2.75, 3.05) is 26.2 Å². The maximum atomic E-state index is 12.8. The molecule has 1 fully saturated rings. The number of hydrogen-bond acceptors (Lipinski definition) is 5. The number of hydrogen-bond donors (Lipinski definition) is 1. The van der Waals surface area contributed by atoms with E-state index < -0.39 is 6.03 Å². The van der Waals surface area contributed by atoms with Crippen LogP contribution >= 0.6 is 0 Å². The van der Waals surface area contributed by atoms with E-state index in [-0.39, 0.29) is 11.7 Å². The fourth-order valence-electron chi connectivity index (χ4n) is 4.22. The summed E-state index contributed by atoms with van der Waals surface area (Å²) in [4.78, 5) is 25.7. The molecule has 1 aromatic heterocycles. The second-order valence-electron chi connectivity index (χ2n) is 7.93. The standard InChI is InChI=1S/C25H24N6O2/c32-25(27-24-26-21-13-7-8-14-22(21)28-31(24)33)30-17-15-29(16-18-30)23(19-9-3-1-4-10-19)20-11-5-2-6-12-20/h1-14,23,33H,15-18H2. The molecular weight excluding hydrogens is 416 g/mol. The van der Waals surface area contributed by atoms with E-state index in [2.05, 4.69) is 68.5 Å². The Kier molecular flexibility index (Phi) is 5.82. The third kappa shape index (κ3) is 4.47. The van der Waals surface area contributed by atoms with Crippen molar-refractivity contribution in [2.45, 2.75) is 6.04 Å². The van der Waals surface area contributed by atoms with Gasteiger partial charge in [0.05, 0.1) is 11.6 Å². The normalized spacial score (nSPS) is 15.3. The van der Waals surface area contributed by atoms with Gasteiger partial charge in [-0.15, -0.1) is 5.10 Å². The molecule has 0 bridgehead atoms. The molecule has 2 heterocycles. The first-order chi connectivity index (χ1) is 16.2. The van der Waals surface area contributed by atoms with E-state index in [0.717, 1.165) is 0 Å². The molecule has 0 aliphatic carbocycles. The fourth-order valence-corrected chi connectivity index (χ4v) is 4.22. The Balaban J connectivity index is 1.34. The third-order valence-corrected chi connectivity index (χ3v) is 5.86. The summed E-state index contributed by atoms with van der Waals surface area (Å²) in [5, 5.41) is 14.1. The molecule has 5 rings (SSSR count). The van der Waals surface area contributed by atoms with E-state index in [1.807, 2.05) is 18.2 Å². The van der Waals surface area contributed by atoms with Crippen LogP contribution in [0.2, 0.25) is 0 Å². The number of piperazine rings is 1. The van der Waals surface area contributed by atoms with Gasteiger partial charge < -0.3 is 10.1 Å². The van der Waals surface area contributed by atoms with Crippen LogP contribution in [-0.4, -0.2) is 62.1 Å². The highest BCUT2D eigenvalue weighted by Crippen LogP contribution is 2.29. The van der Waals surface area contributed by atoms with E-state index >= 15 is 0 Å². The SMILES string of the molecule is O=C(N=c1nc2ccccc2nn1O)N1CCN(C(c2ccccc2)c2ccccc2)CC1. The van der Waals surface area contributed by atoms with Gasteiger partial charge in [0.2, 0.25) is 0 Å². The van der Waals surface area contributed by atoms with Crippen LogP contribution < -0.4 is 5.62 Å². The van der Waals surface area contributed by atoms with Gasteiger partial charge in [-0.3, -0.25) is 4.90 Å². The predicted octanol–water partition coefficient (Wildman–Crippen LogP) is 3.10. The quantitative estimate of drug-likeness (QED) is 0.495. The average Bonchev–Trinajstić information content (AvgIpc) is 2.86. The lowest BCUT2D eigenvalue weighted by Gasteiger charge is -2.39. The van der Waals surface area contributed by atoms with Crippen LogP contribution in [-0.2, 0) is 0 Å². The Labute approximate surface area is 191 Å². The minimum atomic E-state index is -0.432. The van der Waals surface area contributed by atoms with E-state index in [1.54, 1.807) is 23.1 Å². The lowest BCUT2D eigenvalue weighted by molar-refractivity contribution is 0.118. The van der Waals surface area contributed by atoms with Gasteiger partial charge in [-0.1, -0.05) is 77.6 Å². The first-order valence-electron chi connectivity index (χ1n) is 10.9. The number of fused-ring (bicyclic) bond motifs is 1. The van der Waals surface area contributed by atoms with Crippen LogP contribution in [0.15, 0.2) is 89.9 Å². The number of urea groups is 1. The van der Waals surface area contributed by atoms with Crippen LogP contribution in [0.25, 0.3) is 11.0 Å². The summed E-state index contributed by atoms with van der Waals surface area (Å²) in [7, 11) is 0. The van der Waals surface area contributed by atoms with Gasteiger partial charge >= 0.3 is 6.03 Å². The van der Waals surface area contributed by atoms with Gasteiger partial charge in [-0.25, -0.2) is 9.78 Å². The topological polar surface area (TPSA) is 86.8 Å². The first-order valence-corrected chi connectivity index (χ1v) is 10.9. The summed E-state index contributed by atoms with van der Waals surface area (Å²) in [5.74, 6) is 0. The second-order valence-corrected chi connectivity index (χ2v) is 7.93. The van der Waals surface area contributed by atoms with E-state index in [1.165, 1.54) is 11.1 Å². The zero-order valence-electron chi connectivity index (χ0n) is 18.0. The number of nitrogens with zero attached hydrogens (tertiary/aromatic N) is 6. The highest BCUT2D eigenvalue weighted by atomic mass is 16.5. The minimum absolute atomic E-state index is 0.118. The largest absolute Gasteiger partial charge is 0.409 e. The molecule has 3 aromatic carbocycles. The Morgan fingerprint density at radius 2 is 1.33 bits per heavy atom. The molecular formula is C25H24N6O2. The van der Waals surface area contributed by atoms with Gasteiger partial charge in [0.15, 0.2) is 0 Å². The molecule has 1 aliphatic rings. The minimum Gasteiger partial charge on any atom is -0.409 e. The highest BCUT2D eigenvalue weighted by molar-refractivity contribution is 5.76. The monoisotopic (exact) mass is 440 g/mol. The summed E-state index contributed by atoms with van der Waals surface area (Å²) in [6.07, 6.45) is 0. The van der Waals surface area contributed by atoms with Crippen molar-refractivity contribution in [1.82, 2.24) is 24.7 Å². The number of para-hydroxylation sites is 1. The summed E-state index contributed by atoms with van der Waals surface area (Å²) in [6.45, 7) is 2.48. The molecule has 0 atom stereocenters. The molecule has 0 saturated carbocycles. The highest BCUT2D eigenvalue weighted by Gasteiger charge is 2.28. The number of carbonyl (C=O) groups is 1. The first kappa shape index (κ1) is 20.8. The zero-order valence-corrected chi connectivity index (χ0v) is 18.0. The van der Waals surface area contributed by atoms with Gasteiger partial charge in [0, 0.05) is 26.2 Å². The van der Waals surface area contributed by atoms with Crippen molar-refractivity contribution in [1.29, 1.82) is 0 Å². The van der Waals surface area contributed by atoms with Crippen molar-refractivity contribution >= 4 is 17.1 Å². The van der Waals surface area contributed by atoms with Crippen LogP contribution in [0.5, 0.6) is 0 Å². The molecule has 8 nitrogen and oxygen atoms in total. The maximum absolute atomic E-state index is 12.8. The third-order valence-electron chi connectivity index (χ3n) is 5.86. The van der Waals surface area contributed by atoms with E-state index in [4.69, 9.17) is 0 Å². The van der Waals surface area contributed by atoms with Gasteiger partial charge in [-0.05, 0) is 23.3 Å². The van der Waals surface area contributed by atoms with Crippen LogP contribution in [0.3, 0.4) is 0 Å². The molecule has 166 valence electrons. The van der Waals surface area contributed by atoms with Gasteiger partial charge in [-0.2, -0.15) is 4.99 Å². The Bertz CT molecular complexity index is 1280. The second kappa shape index (κ2) is 9.22. The van der Waals surface area contributed by atoms with Crippen LogP contribution in [0.1, 0.15) is 17.2 Å². The summed E-state index contributed by atoms with van der Waals surface area (Å²) >= 11 is 0. The Morgan fingerprint density at radius 3 is 1.94 bits per heavy atom. The smallest absolute Gasteiger partial charge is 0.347 e. The van der Waals surface area contributed by atoms with Crippen molar-refractivity contribution < 1.29 is 10.0 Å². The number of amides is 2. The number of benzene rings is 3. The average molecular weight is 441 g/mol. The molecule has 1 N–H and O–H groups in total. The summed E-state index contributed by atoms with van der Waals surface area (Å²) < 4.78 is 0. The number of rotatable bonds is 3. The fraction of sp³-hybridized carbons (Fsp3) is 0.200. The molecule has 33 heavy (non-hydrogen) atoms. The van der Waals surface area contributed by atoms with E-state index in [9.17, 15) is 10.0 Å². The molecule has 1 aliphatic heterocycles. The van der Waals surface area contributed by atoms with Crippen molar-refractivity contribution in [3.63, 3.8) is 0 Å². The van der Waals surface area contributed by atoms with E-state index in [0.29, 0.717) is 42.1 Å². The summed E-state index contributed by atoms with van der Waals surface area (Å²) in [6, 6.07) is 27.6. The molecule has 4 aromatic rings. The van der Waals surface area contributed by atoms with Gasteiger partial charge in [0.1, 0.15) is 5.52 Å². The van der Waals surface area contributed by atoms with Crippen LogP contribution in [0.4, 0.5) is 4.79 Å². The summed E-state index contributed by atoms with van der Waals surface area (Å²) in [5.41, 5.74) is 3.40. The van der Waals surface area contributed by atoms with Crippen molar-refractivity contribution in [3.05, 3.63) is 102 Å². The molecule has 2 amide bonds. The zero-order chi connectivity index (χ0) is 22.6. The molecule has 0 radical (unpaired) electrons. The lowest BCUT2D eigenvalue weighted by atomic mass is 9.96. The maximum Gasteiger partial charge on any atom is 0.347 e. The molecule has 0 spiro atoms. The Morgan fingerprint density at radius 1 is 0.788 bits per heavy atom. The lowest BCUT2D eigenvalue weighted by Crippen LogP contribution is -2.49. The van der Waals surface area contributed by atoms with Crippen molar-refractivity contribution in [2.24, 2.45) is 4.99 Å². The van der Waals surface area contributed by atoms with Gasteiger partial charge in [0.25, 0.3) is 5.62 Å². The predicted molar refractivity (Wildman–Crippen MR) is 124 cm³/mol. The number of carbonyl (C=O) groups excluding carboxylic acids is 1. The Hall–Kier alpha value is -4.04. The molecule has 0 unspecified atom stereocenters. The number of aromatic nitrogens is 3. The van der Waals surface area contributed by atoms with Crippen molar-refractivity contribution in [3.8, 4) is 0 Å². The van der Waals surface area contributed by atoms with Crippen LogP contribution in [0, 0.1) is 0 Å².